The van der Waals surface area contributed by atoms with Crippen molar-refractivity contribution in [1.82, 2.24) is 0 Å². The number of phosphoric acid groups is 2. The lowest BCUT2D eigenvalue weighted by atomic mass is 9.99. The molecule has 0 amide bonds. The van der Waals surface area contributed by atoms with E-state index < -0.39 is 97.5 Å². The fourth-order valence-electron chi connectivity index (χ4n) is 10.3. The normalized spacial score (nSPS) is 14.4. The molecule has 3 unspecified atom stereocenters. The summed E-state index contributed by atoms with van der Waals surface area (Å²) >= 11 is 0. The van der Waals surface area contributed by atoms with Crippen molar-refractivity contribution >= 4 is 39.5 Å². The van der Waals surface area contributed by atoms with Crippen LogP contribution in [0.25, 0.3) is 0 Å². The highest BCUT2D eigenvalue weighted by molar-refractivity contribution is 7.47. The predicted molar refractivity (Wildman–Crippen MR) is 349 cm³/mol. The van der Waals surface area contributed by atoms with Crippen molar-refractivity contribution < 1.29 is 80.2 Å². The van der Waals surface area contributed by atoms with Crippen LogP contribution in [0.1, 0.15) is 349 Å². The summed E-state index contributed by atoms with van der Waals surface area (Å²) in [6, 6.07) is 0. The number of aliphatic hydroxyl groups excluding tert-OH is 1. The summed E-state index contributed by atoms with van der Waals surface area (Å²) in [6.07, 6.45) is 47.1. The van der Waals surface area contributed by atoms with E-state index in [1.54, 1.807) is 0 Å². The average Bonchev–Trinajstić information content (AvgIpc) is 3.71. The quantitative estimate of drug-likeness (QED) is 0.0222. The van der Waals surface area contributed by atoms with Gasteiger partial charge in [0, 0.05) is 25.7 Å². The fourth-order valence-corrected chi connectivity index (χ4v) is 11.8. The topological polar surface area (TPSA) is 237 Å². The minimum atomic E-state index is -4.95. The summed E-state index contributed by atoms with van der Waals surface area (Å²) in [6.45, 7) is 7.22. The van der Waals surface area contributed by atoms with E-state index in [9.17, 15) is 43.2 Å². The molecule has 0 saturated heterocycles. The zero-order valence-corrected chi connectivity index (χ0v) is 57.9. The van der Waals surface area contributed by atoms with Crippen molar-refractivity contribution in [3.63, 3.8) is 0 Å². The van der Waals surface area contributed by atoms with Crippen LogP contribution in [0, 0.1) is 5.92 Å². The van der Waals surface area contributed by atoms with Crippen molar-refractivity contribution in [2.45, 2.75) is 368 Å². The first-order chi connectivity index (χ1) is 42.1. The molecule has 0 spiro atoms. The van der Waals surface area contributed by atoms with Crippen LogP contribution in [0.4, 0.5) is 0 Å². The number of esters is 4. The van der Waals surface area contributed by atoms with Crippen molar-refractivity contribution in [2.75, 3.05) is 39.6 Å². The van der Waals surface area contributed by atoms with Gasteiger partial charge in [-0.2, -0.15) is 0 Å². The van der Waals surface area contributed by atoms with E-state index in [-0.39, 0.29) is 25.7 Å². The molecule has 0 aliphatic rings. The number of unbranched alkanes of at least 4 members (excludes halogenated alkanes) is 39. The molecule has 19 heteroatoms. The maximum absolute atomic E-state index is 13.0. The number of phosphoric ester groups is 2. The van der Waals surface area contributed by atoms with Crippen molar-refractivity contribution in [2.24, 2.45) is 5.92 Å². The first-order valence-electron chi connectivity index (χ1n) is 35.7. The summed E-state index contributed by atoms with van der Waals surface area (Å²) in [7, 11) is -9.89. The fraction of sp³-hybridized carbons (Fsp3) is 0.941. The number of carbonyl (C=O) groups is 4. The van der Waals surface area contributed by atoms with Crippen molar-refractivity contribution in [3.8, 4) is 0 Å². The maximum Gasteiger partial charge on any atom is 0.472 e. The van der Waals surface area contributed by atoms with Gasteiger partial charge in [0.2, 0.25) is 0 Å². The lowest BCUT2D eigenvalue weighted by Crippen LogP contribution is -2.30. The van der Waals surface area contributed by atoms with E-state index in [2.05, 4.69) is 34.6 Å². The molecule has 17 nitrogen and oxygen atoms in total. The van der Waals surface area contributed by atoms with E-state index in [1.165, 1.54) is 161 Å². The Hall–Kier alpha value is -1.94. The molecule has 0 aromatic carbocycles. The molecule has 0 radical (unpaired) electrons. The molecule has 0 rings (SSSR count). The zero-order chi connectivity index (χ0) is 64.2. The maximum atomic E-state index is 13.0. The monoisotopic (exact) mass is 1280 g/mol. The zero-order valence-electron chi connectivity index (χ0n) is 56.2. The third-order valence-electron chi connectivity index (χ3n) is 16.1. The largest absolute Gasteiger partial charge is 0.472 e. The predicted octanol–water partition coefficient (Wildman–Crippen LogP) is 19.4. The second-order valence-electron chi connectivity index (χ2n) is 24.8. The summed E-state index contributed by atoms with van der Waals surface area (Å²) in [5.41, 5.74) is 0. The van der Waals surface area contributed by atoms with Gasteiger partial charge >= 0.3 is 39.5 Å². The molecular formula is C68H132O17P2. The van der Waals surface area contributed by atoms with E-state index in [0.717, 1.165) is 109 Å². The first-order valence-corrected chi connectivity index (χ1v) is 38.7. The molecule has 0 aromatic heterocycles. The van der Waals surface area contributed by atoms with Gasteiger partial charge in [0.1, 0.15) is 19.3 Å². The third-order valence-corrected chi connectivity index (χ3v) is 18.0. The highest BCUT2D eigenvalue weighted by atomic mass is 31.2. The Labute approximate surface area is 530 Å². The molecule has 0 aromatic rings. The Morgan fingerprint density at radius 2 is 0.552 bits per heavy atom. The lowest BCUT2D eigenvalue weighted by molar-refractivity contribution is -0.161. The van der Waals surface area contributed by atoms with E-state index >= 15 is 0 Å². The van der Waals surface area contributed by atoms with Crippen LogP contribution < -0.4 is 0 Å². The molecule has 0 saturated carbocycles. The first kappa shape index (κ1) is 85.1. The Bertz CT molecular complexity index is 1690. The van der Waals surface area contributed by atoms with Gasteiger partial charge in [-0.3, -0.25) is 37.3 Å². The second-order valence-corrected chi connectivity index (χ2v) is 27.7. The Kier molecular flexibility index (Phi) is 60.2. The standard InChI is InChI=1S/C68H132O17P2/c1-6-10-13-16-19-21-23-25-27-32-37-42-47-52-66(71)79-58-64(85-68(73)54-49-44-39-34-30-29-31-36-40-45-50-61(5)9-4)60-83-87(76,77)81-56-62(69)55-80-86(74,75)82-59-63(57-78-65(70)51-46-41-35-18-15-12-8-3)84-67(72)53-48-43-38-33-28-26-24-22-20-17-14-11-7-2/h61-64,69H,6-60H2,1-5H3,(H,74,75)(H,76,77)/t61?,62-,63+,64+/m0/s1. The summed E-state index contributed by atoms with van der Waals surface area (Å²) in [5, 5.41) is 10.6. The van der Waals surface area contributed by atoms with Crippen LogP contribution >= 0.6 is 15.6 Å². The van der Waals surface area contributed by atoms with Crippen LogP contribution in [-0.2, 0) is 65.4 Å². The van der Waals surface area contributed by atoms with Crippen LogP contribution in [0.3, 0.4) is 0 Å². The molecule has 3 N–H and O–H groups in total. The number of aliphatic hydroxyl groups is 1. The number of hydrogen-bond donors (Lipinski definition) is 3. The van der Waals surface area contributed by atoms with Crippen LogP contribution in [0.2, 0.25) is 0 Å². The number of carbonyl (C=O) groups excluding carboxylic acids is 4. The van der Waals surface area contributed by atoms with Crippen LogP contribution in [-0.4, -0.2) is 96.7 Å². The number of ether oxygens (including phenoxy) is 4. The number of hydrogen-bond acceptors (Lipinski definition) is 15. The molecule has 0 aliphatic carbocycles. The molecule has 87 heavy (non-hydrogen) atoms. The number of rotatable bonds is 68. The van der Waals surface area contributed by atoms with E-state index in [0.29, 0.717) is 25.7 Å². The highest BCUT2D eigenvalue weighted by Crippen LogP contribution is 2.45. The SMILES string of the molecule is CCCCCCCCCCCCCCCC(=O)OC[C@H](COP(=O)(O)OC[C@@H](O)COP(=O)(O)OC[C@@H](COC(=O)CCCCCCCCC)OC(=O)CCCCCCCCCCCCCCC)OC(=O)CCCCCCCCCCCCC(C)CC. The van der Waals surface area contributed by atoms with Gasteiger partial charge in [0.15, 0.2) is 12.2 Å². The molecule has 0 aliphatic heterocycles. The average molecular weight is 1280 g/mol. The third kappa shape index (κ3) is 61.3. The molecule has 0 fully saturated rings. The molecule has 0 bridgehead atoms. The Balaban J connectivity index is 5.22. The Morgan fingerprint density at radius 1 is 0.322 bits per heavy atom. The van der Waals surface area contributed by atoms with E-state index in [1.807, 2.05) is 0 Å². The second kappa shape index (κ2) is 61.6. The van der Waals surface area contributed by atoms with Gasteiger partial charge < -0.3 is 33.8 Å². The lowest BCUT2D eigenvalue weighted by Gasteiger charge is -2.21. The van der Waals surface area contributed by atoms with Crippen LogP contribution in [0.5, 0.6) is 0 Å². The summed E-state index contributed by atoms with van der Waals surface area (Å²) in [5.74, 6) is -1.32. The van der Waals surface area contributed by atoms with Crippen LogP contribution in [0.15, 0.2) is 0 Å². The van der Waals surface area contributed by atoms with Gasteiger partial charge in [0.05, 0.1) is 26.4 Å². The van der Waals surface area contributed by atoms with Gasteiger partial charge in [-0.05, 0) is 31.6 Å². The highest BCUT2D eigenvalue weighted by Gasteiger charge is 2.30. The Morgan fingerprint density at radius 3 is 0.816 bits per heavy atom. The molecule has 516 valence electrons. The van der Waals surface area contributed by atoms with Gasteiger partial charge in [-0.1, -0.05) is 298 Å². The minimum Gasteiger partial charge on any atom is -0.462 e. The van der Waals surface area contributed by atoms with Crippen molar-refractivity contribution in [3.05, 3.63) is 0 Å². The van der Waals surface area contributed by atoms with Crippen molar-refractivity contribution in [1.29, 1.82) is 0 Å². The molecule has 6 atom stereocenters. The molecular weight excluding hydrogens is 1150 g/mol. The molecule has 0 heterocycles. The summed E-state index contributed by atoms with van der Waals surface area (Å²) in [4.78, 5) is 72.3. The summed E-state index contributed by atoms with van der Waals surface area (Å²) < 4.78 is 68.1. The minimum absolute atomic E-state index is 0.107. The smallest absolute Gasteiger partial charge is 0.462 e. The van der Waals surface area contributed by atoms with Gasteiger partial charge in [-0.15, -0.1) is 0 Å². The van der Waals surface area contributed by atoms with E-state index in [4.69, 9.17) is 37.0 Å². The van der Waals surface area contributed by atoms with Gasteiger partial charge in [-0.25, -0.2) is 9.13 Å². The van der Waals surface area contributed by atoms with Gasteiger partial charge in [0.25, 0.3) is 0 Å².